The third kappa shape index (κ3) is 3.98. The maximum Gasteiger partial charge on any atom is 0.274 e. The summed E-state index contributed by atoms with van der Waals surface area (Å²) in [6.45, 7) is 6.66. The molecule has 1 amide bonds. The summed E-state index contributed by atoms with van der Waals surface area (Å²) in [5.74, 6) is 0.491. The minimum absolute atomic E-state index is 0.00495. The van der Waals surface area contributed by atoms with E-state index in [1.54, 1.807) is 16.0 Å². The highest BCUT2D eigenvalue weighted by atomic mass is 35.5. The molecule has 0 atom stereocenters. The molecule has 1 aliphatic rings. The van der Waals surface area contributed by atoms with Crippen molar-refractivity contribution in [2.45, 2.75) is 26.7 Å². The van der Waals surface area contributed by atoms with Gasteiger partial charge in [0.25, 0.3) is 5.91 Å². The minimum atomic E-state index is -0.00495. The highest BCUT2D eigenvalue weighted by Gasteiger charge is 2.25. The van der Waals surface area contributed by atoms with Crippen LogP contribution in [0.25, 0.3) is 10.2 Å². The van der Waals surface area contributed by atoms with Crippen LogP contribution in [-0.4, -0.2) is 52.3 Å². The Morgan fingerprint density at radius 1 is 1.31 bits per heavy atom. The Morgan fingerprint density at radius 3 is 2.69 bits per heavy atom. The smallest absolute Gasteiger partial charge is 0.274 e. The second-order valence-corrected chi connectivity index (χ2v) is 9.34. The van der Waals surface area contributed by atoms with Crippen molar-refractivity contribution in [3.05, 3.63) is 40.2 Å². The molecular weight excluding hydrogens is 406 g/mol. The molecule has 1 fully saturated rings. The molecule has 0 bridgehead atoms. The van der Waals surface area contributed by atoms with Gasteiger partial charge in [-0.1, -0.05) is 22.9 Å². The molecule has 0 unspecified atom stereocenters. The van der Waals surface area contributed by atoms with Crippen molar-refractivity contribution < 1.29 is 4.79 Å². The number of halogens is 1. The molecule has 3 aromatic rings. The topological polar surface area (TPSA) is 54.3 Å². The number of benzene rings is 1. The molecule has 1 aromatic carbocycles. The summed E-state index contributed by atoms with van der Waals surface area (Å²) in [5.41, 5.74) is 3.57. The molecule has 6 nitrogen and oxygen atoms in total. The van der Waals surface area contributed by atoms with Gasteiger partial charge in [-0.2, -0.15) is 5.10 Å². The first-order valence-electron chi connectivity index (χ1n) is 9.90. The number of thiazole rings is 1. The molecule has 2 aromatic heterocycles. The Morgan fingerprint density at radius 2 is 2.03 bits per heavy atom. The minimum Gasteiger partial charge on any atom is -0.348 e. The molecule has 0 N–H and O–H groups in total. The third-order valence-electron chi connectivity index (χ3n) is 5.83. The van der Waals surface area contributed by atoms with Crippen LogP contribution in [-0.2, 0) is 7.05 Å². The summed E-state index contributed by atoms with van der Waals surface area (Å²) in [6.07, 6.45) is 2.10. The average Bonchev–Trinajstić information content (AvgIpc) is 3.29. The van der Waals surface area contributed by atoms with E-state index < -0.39 is 0 Å². The van der Waals surface area contributed by atoms with Crippen LogP contribution >= 0.6 is 22.9 Å². The Bertz CT molecular complexity index is 1030. The molecule has 0 aliphatic carbocycles. The van der Waals surface area contributed by atoms with Crippen molar-refractivity contribution in [1.29, 1.82) is 0 Å². The van der Waals surface area contributed by atoms with Crippen molar-refractivity contribution in [2.24, 2.45) is 13.0 Å². The molecule has 0 saturated carbocycles. The number of hydrogen-bond acceptors (Lipinski definition) is 5. The van der Waals surface area contributed by atoms with E-state index in [9.17, 15) is 4.79 Å². The monoisotopic (exact) mass is 431 g/mol. The van der Waals surface area contributed by atoms with Crippen LogP contribution in [0.5, 0.6) is 0 Å². The number of hydrogen-bond donors (Lipinski definition) is 0. The maximum absolute atomic E-state index is 12.6. The molecule has 8 heteroatoms. The van der Waals surface area contributed by atoms with Gasteiger partial charge in [0.05, 0.1) is 10.2 Å². The standard InChI is InChI=1S/C21H26ClN5OS/c1-13-11-17(24-26(13)4)20(28)25(3)12-15-7-9-27(10-8-15)21-23-19-14(2)16(22)5-6-18(19)29-21/h5-6,11,15H,7-10,12H2,1-4H3. The van der Waals surface area contributed by atoms with E-state index >= 15 is 0 Å². The summed E-state index contributed by atoms with van der Waals surface area (Å²) < 4.78 is 2.92. The van der Waals surface area contributed by atoms with Crippen LogP contribution in [0.2, 0.25) is 5.02 Å². The quantitative estimate of drug-likeness (QED) is 0.618. The van der Waals surface area contributed by atoms with Gasteiger partial charge in [0.2, 0.25) is 0 Å². The van der Waals surface area contributed by atoms with Gasteiger partial charge in [-0.25, -0.2) is 4.98 Å². The zero-order valence-corrected chi connectivity index (χ0v) is 18.8. The average molecular weight is 432 g/mol. The van der Waals surface area contributed by atoms with Crippen LogP contribution in [0.4, 0.5) is 5.13 Å². The lowest BCUT2D eigenvalue weighted by atomic mass is 9.96. The summed E-state index contributed by atoms with van der Waals surface area (Å²) in [6, 6.07) is 5.85. The fraction of sp³-hybridized carbons (Fsp3) is 0.476. The zero-order valence-electron chi connectivity index (χ0n) is 17.3. The van der Waals surface area contributed by atoms with Crippen LogP contribution in [0.1, 0.15) is 34.6 Å². The first-order valence-corrected chi connectivity index (χ1v) is 11.1. The zero-order chi connectivity index (χ0) is 20.7. The number of aryl methyl sites for hydroxylation is 3. The van der Waals surface area contributed by atoms with E-state index in [-0.39, 0.29) is 5.91 Å². The van der Waals surface area contributed by atoms with E-state index in [2.05, 4.69) is 16.1 Å². The first-order chi connectivity index (χ1) is 13.8. The predicted molar refractivity (Wildman–Crippen MR) is 119 cm³/mol. The SMILES string of the molecule is Cc1c(Cl)ccc2sc(N3CCC(CN(C)C(=O)c4cc(C)n(C)n4)CC3)nc12. The van der Waals surface area contributed by atoms with Gasteiger partial charge in [0, 0.05) is 44.4 Å². The fourth-order valence-corrected chi connectivity index (χ4v) is 5.09. The highest BCUT2D eigenvalue weighted by Crippen LogP contribution is 2.35. The molecule has 1 saturated heterocycles. The van der Waals surface area contributed by atoms with Gasteiger partial charge in [-0.05, 0) is 56.4 Å². The number of carbonyl (C=O) groups excluding carboxylic acids is 1. The van der Waals surface area contributed by atoms with Crippen LogP contribution in [0, 0.1) is 19.8 Å². The van der Waals surface area contributed by atoms with Crippen LogP contribution in [0.15, 0.2) is 18.2 Å². The van der Waals surface area contributed by atoms with Crippen LogP contribution < -0.4 is 4.90 Å². The molecule has 3 heterocycles. The van der Waals surface area contributed by atoms with E-state index in [1.165, 1.54) is 4.70 Å². The lowest BCUT2D eigenvalue weighted by Gasteiger charge is -2.33. The summed E-state index contributed by atoms with van der Waals surface area (Å²) in [4.78, 5) is 21.7. The van der Waals surface area contributed by atoms with Gasteiger partial charge >= 0.3 is 0 Å². The molecular formula is C21H26ClN5OS. The lowest BCUT2D eigenvalue weighted by Crippen LogP contribution is -2.39. The van der Waals surface area contributed by atoms with Gasteiger partial charge in [0.1, 0.15) is 0 Å². The van der Waals surface area contributed by atoms with E-state index in [4.69, 9.17) is 16.6 Å². The second kappa shape index (κ2) is 7.95. The lowest BCUT2D eigenvalue weighted by molar-refractivity contribution is 0.0758. The number of anilines is 1. The predicted octanol–water partition coefficient (Wildman–Crippen LogP) is 4.29. The van der Waals surface area contributed by atoms with E-state index in [0.29, 0.717) is 11.6 Å². The molecule has 1 aliphatic heterocycles. The number of piperidine rings is 1. The highest BCUT2D eigenvalue weighted by molar-refractivity contribution is 7.22. The number of aromatic nitrogens is 3. The van der Waals surface area contributed by atoms with Gasteiger partial charge < -0.3 is 9.80 Å². The summed E-state index contributed by atoms with van der Waals surface area (Å²) >= 11 is 7.97. The van der Waals surface area contributed by atoms with Crippen molar-refractivity contribution in [3.63, 3.8) is 0 Å². The van der Waals surface area contributed by atoms with Crippen molar-refractivity contribution >= 4 is 44.2 Å². The van der Waals surface area contributed by atoms with Gasteiger partial charge in [-0.3, -0.25) is 9.48 Å². The Balaban J connectivity index is 1.37. The van der Waals surface area contributed by atoms with Crippen molar-refractivity contribution in [1.82, 2.24) is 19.7 Å². The fourth-order valence-electron chi connectivity index (χ4n) is 3.86. The molecule has 0 spiro atoms. The summed E-state index contributed by atoms with van der Waals surface area (Å²) in [5, 5.41) is 6.15. The Labute approximate surface area is 180 Å². The summed E-state index contributed by atoms with van der Waals surface area (Å²) in [7, 11) is 3.73. The third-order valence-corrected chi connectivity index (χ3v) is 7.32. The number of nitrogens with zero attached hydrogens (tertiary/aromatic N) is 5. The number of rotatable bonds is 4. The van der Waals surface area contributed by atoms with Crippen LogP contribution in [0.3, 0.4) is 0 Å². The first kappa shape index (κ1) is 20.2. The second-order valence-electron chi connectivity index (χ2n) is 7.93. The van der Waals surface area contributed by atoms with Gasteiger partial charge in [0.15, 0.2) is 10.8 Å². The Kier molecular flexibility index (Phi) is 5.53. The molecule has 0 radical (unpaired) electrons. The number of fused-ring (bicyclic) bond motifs is 1. The molecule has 4 rings (SSSR count). The Hall–Kier alpha value is -2.12. The largest absolute Gasteiger partial charge is 0.348 e. The van der Waals surface area contributed by atoms with E-state index in [1.807, 2.05) is 45.0 Å². The number of amides is 1. The number of carbonyl (C=O) groups is 1. The van der Waals surface area contributed by atoms with Gasteiger partial charge in [-0.15, -0.1) is 0 Å². The normalized spacial score (nSPS) is 15.3. The molecule has 29 heavy (non-hydrogen) atoms. The maximum atomic E-state index is 12.6. The van der Waals surface area contributed by atoms with Crippen molar-refractivity contribution in [3.8, 4) is 0 Å². The van der Waals surface area contributed by atoms with E-state index in [0.717, 1.165) is 59.4 Å². The van der Waals surface area contributed by atoms with Crippen molar-refractivity contribution in [2.75, 3.05) is 31.6 Å². The molecule has 154 valence electrons.